The molecule has 2 unspecified atom stereocenters. The number of likely N-dealkylation sites (N-methyl/N-ethyl adjacent to an activating group) is 1. The van der Waals surface area contributed by atoms with Crippen molar-refractivity contribution < 1.29 is 8.78 Å². The quantitative estimate of drug-likeness (QED) is 0.901. The van der Waals surface area contributed by atoms with Crippen molar-refractivity contribution in [3.05, 3.63) is 35.4 Å². The van der Waals surface area contributed by atoms with E-state index in [4.69, 9.17) is 5.73 Å². The van der Waals surface area contributed by atoms with Gasteiger partial charge in [0.15, 0.2) is 0 Å². The summed E-state index contributed by atoms with van der Waals surface area (Å²) in [6.45, 7) is 1.83. The first-order chi connectivity index (χ1) is 9.04. The molecule has 5 heteroatoms. The average Bonchev–Trinajstić information content (AvgIpc) is 2.83. The van der Waals surface area contributed by atoms with Crippen LogP contribution in [0.25, 0.3) is 0 Å². The summed E-state index contributed by atoms with van der Waals surface area (Å²) in [6, 6.07) is 4.00. The van der Waals surface area contributed by atoms with E-state index in [0.29, 0.717) is 6.04 Å². The number of nitrogens with two attached hydrogens (primary N) is 1. The van der Waals surface area contributed by atoms with Crippen LogP contribution in [0.3, 0.4) is 0 Å². The summed E-state index contributed by atoms with van der Waals surface area (Å²) in [5.74, 6) is -1.02. The van der Waals surface area contributed by atoms with Crippen molar-refractivity contribution in [1.29, 1.82) is 0 Å². The van der Waals surface area contributed by atoms with Crippen molar-refractivity contribution in [2.45, 2.75) is 18.5 Å². The predicted molar refractivity (Wildman–Crippen MR) is 71.8 cm³/mol. The van der Waals surface area contributed by atoms with E-state index in [1.807, 2.05) is 14.1 Å². The number of halogens is 2. The third-order valence-electron chi connectivity index (χ3n) is 3.92. The second kappa shape index (κ2) is 5.94. The van der Waals surface area contributed by atoms with Crippen LogP contribution in [-0.4, -0.2) is 49.6 Å². The minimum absolute atomic E-state index is 0.101. The van der Waals surface area contributed by atoms with Crippen LogP contribution in [0.2, 0.25) is 0 Å². The summed E-state index contributed by atoms with van der Waals surface area (Å²) in [7, 11) is 4.05. The van der Waals surface area contributed by atoms with E-state index in [9.17, 15) is 8.78 Å². The maximum Gasteiger partial charge on any atom is 0.130 e. The molecule has 106 valence electrons. The van der Waals surface area contributed by atoms with Gasteiger partial charge in [-0.05, 0) is 32.6 Å². The molecule has 2 atom stereocenters. The smallest absolute Gasteiger partial charge is 0.130 e. The molecular formula is C14H21F2N3. The van der Waals surface area contributed by atoms with Gasteiger partial charge in [0, 0.05) is 31.2 Å². The molecule has 3 nitrogen and oxygen atoms in total. The number of hydrogen-bond acceptors (Lipinski definition) is 3. The molecule has 1 aliphatic rings. The van der Waals surface area contributed by atoms with Crippen LogP contribution in [0.1, 0.15) is 18.0 Å². The Morgan fingerprint density at radius 3 is 2.47 bits per heavy atom. The molecule has 0 spiro atoms. The molecule has 0 amide bonds. The van der Waals surface area contributed by atoms with Crippen molar-refractivity contribution in [2.75, 3.05) is 33.7 Å². The first-order valence-electron chi connectivity index (χ1n) is 6.59. The second-order valence-corrected chi connectivity index (χ2v) is 5.29. The van der Waals surface area contributed by atoms with Gasteiger partial charge in [0.05, 0.1) is 6.04 Å². The van der Waals surface area contributed by atoms with Gasteiger partial charge in [-0.3, -0.25) is 4.90 Å². The third-order valence-corrected chi connectivity index (χ3v) is 3.92. The van der Waals surface area contributed by atoms with Gasteiger partial charge in [0.25, 0.3) is 0 Å². The van der Waals surface area contributed by atoms with E-state index in [1.54, 1.807) is 0 Å². The van der Waals surface area contributed by atoms with Crippen LogP contribution in [0.5, 0.6) is 0 Å². The number of benzene rings is 1. The predicted octanol–water partition coefficient (Wildman–Crippen LogP) is 1.60. The van der Waals surface area contributed by atoms with E-state index in [0.717, 1.165) is 19.5 Å². The summed E-state index contributed by atoms with van der Waals surface area (Å²) < 4.78 is 27.7. The zero-order chi connectivity index (χ0) is 14.0. The van der Waals surface area contributed by atoms with Gasteiger partial charge in [0.1, 0.15) is 11.6 Å². The molecule has 19 heavy (non-hydrogen) atoms. The van der Waals surface area contributed by atoms with Gasteiger partial charge in [-0.2, -0.15) is 0 Å². The summed E-state index contributed by atoms with van der Waals surface area (Å²) in [4.78, 5) is 4.22. The normalized spacial score (nSPS) is 22.1. The molecule has 2 N–H and O–H groups in total. The molecule has 2 rings (SSSR count). The van der Waals surface area contributed by atoms with Gasteiger partial charge >= 0.3 is 0 Å². The fourth-order valence-corrected chi connectivity index (χ4v) is 2.75. The third kappa shape index (κ3) is 2.94. The number of nitrogens with zero attached hydrogens (tertiary/aromatic N) is 2. The Morgan fingerprint density at radius 2 is 2.00 bits per heavy atom. The van der Waals surface area contributed by atoms with E-state index < -0.39 is 11.6 Å². The monoisotopic (exact) mass is 269 g/mol. The standard InChI is InChI=1S/C14H21F2N3/c1-18(2)10-6-7-19(9-10)13(8-17)14-11(15)4-3-5-12(14)16/h3-5,10,13H,6-9,17H2,1-2H3. The zero-order valence-electron chi connectivity index (χ0n) is 11.4. The minimum atomic E-state index is -0.510. The Balaban J connectivity index is 2.22. The second-order valence-electron chi connectivity index (χ2n) is 5.29. The number of rotatable bonds is 4. The number of likely N-dealkylation sites (tertiary alicyclic amines) is 1. The Hall–Kier alpha value is -1.04. The lowest BCUT2D eigenvalue weighted by molar-refractivity contribution is 0.213. The highest BCUT2D eigenvalue weighted by atomic mass is 19.1. The first-order valence-corrected chi connectivity index (χ1v) is 6.59. The minimum Gasteiger partial charge on any atom is -0.329 e. The van der Waals surface area contributed by atoms with E-state index in [1.165, 1.54) is 18.2 Å². The topological polar surface area (TPSA) is 32.5 Å². The Labute approximate surface area is 113 Å². The van der Waals surface area contributed by atoms with Crippen LogP contribution < -0.4 is 5.73 Å². The van der Waals surface area contributed by atoms with E-state index >= 15 is 0 Å². The van der Waals surface area contributed by atoms with Crippen LogP contribution in [0.4, 0.5) is 8.78 Å². The van der Waals surface area contributed by atoms with Gasteiger partial charge in [-0.25, -0.2) is 8.78 Å². The van der Waals surface area contributed by atoms with Crippen molar-refractivity contribution in [1.82, 2.24) is 9.80 Å². The molecule has 1 fully saturated rings. The molecule has 1 aliphatic heterocycles. The Bertz CT molecular complexity index is 416. The van der Waals surface area contributed by atoms with Crippen LogP contribution in [0.15, 0.2) is 18.2 Å². The van der Waals surface area contributed by atoms with Crippen LogP contribution in [0, 0.1) is 11.6 Å². The molecular weight excluding hydrogens is 248 g/mol. The zero-order valence-corrected chi connectivity index (χ0v) is 11.4. The van der Waals surface area contributed by atoms with Gasteiger partial charge in [-0.15, -0.1) is 0 Å². The Kier molecular flexibility index (Phi) is 4.50. The van der Waals surface area contributed by atoms with Crippen molar-refractivity contribution in [2.24, 2.45) is 5.73 Å². The molecule has 1 heterocycles. The fourth-order valence-electron chi connectivity index (χ4n) is 2.75. The summed E-state index contributed by atoms with van der Waals surface area (Å²) in [5, 5.41) is 0. The molecule has 0 aromatic heterocycles. The average molecular weight is 269 g/mol. The lowest BCUT2D eigenvalue weighted by atomic mass is 10.0. The molecule has 0 aliphatic carbocycles. The first kappa shape index (κ1) is 14.4. The molecule has 1 saturated heterocycles. The maximum atomic E-state index is 13.9. The molecule has 1 aromatic rings. The van der Waals surface area contributed by atoms with Gasteiger partial charge in [0.2, 0.25) is 0 Å². The number of hydrogen-bond donors (Lipinski definition) is 1. The SMILES string of the molecule is CN(C)C1CCN(C(CN)c2c(F)cccc2F)C1. The highest BCUT2D eigenvalue weighted by Gasteiger charge is 2.32. The van der Waals surface area contributed by atoms with Crippen molar-refractivity contribution in [3.63, 3.8) is 0 Å². The van der Waals surface area contributed by atoms with Crippen molar-refractivity contribution in [3.8, 4) is 0 Å². The highest BCUT2D eigenvalue weighted by molar-refractivity contribution is 5.24. The lowest BCUT2D eigenvalue weighted by Crippen LogP contribution is -2.36. The fraction of sp³-hybridized carbons (Fsp3) is 0.571. The highest BCUT2D eigenvalue weighted by Crippen LogP contribution is 2.29. The summed E-state index contributed by atoms with van der Waals surface area (Å²) >= 11 is 0. The van der Waals surface area contributed by atoms with Gasteiger partial charge in [-0.1, -0.05) is 6.07 Å². The summed E-state index contributed by atoms with van der Waals surface area (Å²) in [6.07, 6.45) is 1.000. The van der Waals surface area contributed by atoms with E-state index in [2.05, 4.69) is 9.80 Å². The largest absolute Gasteiger partial charge is 0.329 e. The van der Waals surface area contributed by atoms with Gasteiger partial charge < -0.3 is 10.6 Å². The molecule has 1 aromatic carbocycles. The summed E-state index contributed by atoms with van der Waals surface area (Å²) in [5.41, 5.74) is 5.86. The molecule has 0 bridgehead atoms. The molecule has 0 saturated carbocycles. The van der Waals surface area contributed by atoms with Crippen molar-refractivity contribution >= 4 is 0 Å². The Morgan fingerprint density at radius 1 is 1.37 bits per heavy atom. The van der Waals surface area contributed by atoms with Crippen LogP contribution in [-0.2, 0) is 0 Å². The maximum absolute atomic E-state index is 13.9. The van der Waals surface area contributed by atoms with E-state index in [-0.39, 0.29) is 18.2 Å². The lowest BCUT2D eigenvalue weighted by Gasteiger charge is -2.28. The van der Waals surface area contributed by atoms with Crippen LogP contribution >= 0.6 is 0 Å². The molecule has 0 radical (unpaired) electrons.